The van der Waals surface area contributed by atoms with Crippen molar-refractivity contribution in [3.8, 4) is 0 Å². The summed E-state index contributed by atoms with van der Waals surface area (Å²) in [6, 6.07) is 14.2. The fourth-order valence-electron chi connectivity index (χ4n) is 1.91. The van der Waals surface area contributed by atoms with Crippen LogP contribution in [0.15, 0.2) is 61.2 Å². The molecule has 0 atom stereocenters. The van der Waals surface area contributed by atoms with Crippen molar-refractivity contribution in [3.05, 3.63) is 82.4 Å². The van der Waals surface area contributed by atoms with Crippen LogP contribution in [0.2, 0.25) is 10.0 Å². The van der Waals surface area contributed by atoms with E-state index in [0.29, 0.717) is 21.2 Å². The van der Waals surface area contributed by atoms with Gasteiger partial charge in [-0.05, 0) is 12.1 Å². The Morgan fingerprint density at radius 2 is 1.28 bits per heavy atom. The molecule has 0 saturated heterocycles. The molecule has 92 valence electrons. The number of aliphatic hydroxyl groups is 1. The average Bonchev–Trinajstić information content (AvgIpc) is 2.39. The normalized spacial score (nSPS) is 11.3. The smallest absolute Gasteiger partial charge is 0.136 e. The van der Waals surface area contributed by atoms with E-state index >= 15 is 0 Å². The van der Waals surface area contributed by atoms with Gasteiger partial charge in [-0.1, -0.05) is 72.3 Å². The van der Waals surface area contributed by atoms with Gasteiger partial charge in [0.25, 0.3) is 0 Å². The van der Waals surface area contributed by atoms with Crippen LogP contribution >= 0.6 is 23.2 Å². The summed E-state index contributed by atoms with van der Waals surface area (Å²) in [7, 11) is 0. The minimum absolute atomic E-state index is 0.472. The fraction of sp³-hybridized carbons (Fsp3) is 0.0667. The average molecular weight is 279 g/mol. The molecular weight excluding hydrogens is 267 g/mol. The van der Waals surface area contributed by atoms with Crippen LogP contribution in [0.1, 0.15) is 11.1 Å². The van der Waals surface area contributed by atoms with Crippen LogP contribution < -0.4 is 0 Å². The van der Waals surface area contributed by atoms with Crippen molar-refractivity contribution >= 4 is 23.2 Å². The lowest BCUT2D eigenvalue weighted by atomic mass is 9.86. The Labute approximate surface area is 116 Å². The fourth-order valence-corrected chi connectivity index (χ4v) is 2.47. The largest absolute Gasteiger partial charge is 0.377 e. The van der Waals surface area contributed by atoms with E-state index in [0.717, 1.165) is 0 Å². The van der Waals surface area contributed by atoms with Gasteiger partial charge in [-0.3, -0.25) is 0 Å². The maximum absolute atomic E-state index is 10.8. The molecular formula is C15H12Cl2O. The number of benzene rings is 2. The van der Waals surface area contributed by atoms with Gasteiger partial charge in [-0.25, -0.2) is 0 Å². The van der Waals surface area contributed by atoms with E-state index in [1.165, 1.54) is 6.08 Å². The molecule has 0 radical (unpaired) electrons. The standard InChI is InChI=1S/C15H12Cl2O/c1-2-15(18,11-7-3-5-9-13(11)16)12-8-4-6-10-14(12)17/h2-10,18H,1H2. The zero-order valence-corrected chi connectivity index (χ0v) is 11.1. The number of rotatable bonds is 3. The molecule has 3 heteroatoms. The monoisotopic (exact) mass is 278 g/mol. The van der Waals surface area contributed by atoms with Gasteiger partial charge in [-0.2, -0.15) is 0 Å². The summed E-state index contributed by atoms with van der Waals surface area (Å²) in [4.78, 5) is 0. The molecule has 0 unspecified atom stereocenters. The Bertz CT molecular complexity index is 533. The molecule has 2 aromatic rings. The van der Waals surface area contributed by atoms with Crippen molar-refractivity contribution in [2.45, 2.75) is 5.60 Å². The quantitative estimate of drug-likeness (QED) is 0.825. The van der Waals surface area contributed by atoms with Crippen molar-refractivity contribution in [2.24, 2.45) is 0 Å². The zero-order valence-electron chi connectivity index (χ0n) is 9.61. The first-order chi connectivity index (χ1) is 8.59. The van der Waals surface area contributed by atoms with Gasteiger partial charge in [0, 0.05) is 21.2 Å². The summed E-state index contributed by atoms with van der Waals surface area (Å²) in [5, 5.41) is 11.8. The number of hydrogen-bond donors (Lipinski definition) is 1. The third-order valence-corrected chi connectivity index (χ3v) is 3.52. The van der Waals surface area contributed by atoms with E-state index in [1.807, 2.05) is 24.3 Å². The van der Waals surface area contributed by atoms with Crippen molar-refractivity contribution in [1.29, 1.82) is 0 Å². The van der Waals surface area contributed by atoms with Crippen molar-refractivity contribution in [1.82, 2.24) is 0 Å². The van der Waals surface area contributed by atoms with Crippen LogP contribution in [0, 0.1) is 0 Å². The first-order valence-corrected chi connectivity index (χ1v) is 6.21. The highest BCUT2D eigenvalue weighted by Crippen LogP contribution is 2.38. The Hall–Kier alpha value is -1.28. The van der Waals surface area contributed by atoms with Crippen LogP contribution in [0.25, 0.3) is 0 Å². The summed E-state index contributed by atoms with van der Waals surface area (Å²) in [6.45, 7) is 3.70. The van der Waals surface area contributed by atoms with Crippen molar-refractivity contribution in [2.75, 3.05) is 0 Å². The lowest BCUT2D eigenvalue weighted by Gasteiger charge is -2.27. The Morgan fingerprint density at radius 3 is 1.61 bits per heavy atom. The summed E-state index contributed by atoms with van der Waals surface area (Å²) >= 11 is 12.3. The molecule has 0 fully saturated rings. The van der Waals surface area contributed by atoms with Gasteiger partial charge in [0.15, 0.2) is 0 Å². The molecule has 0 heterocycles. The molecule has 0 bridgehead atoms. The molecule has 18 heavy (non-hydrogen) atoms. The summed E-state index contributed by atoms with van der Waals surface area (Å²) in [5.74, 6) is 0. The molecule has 0 spiro atoms. The number of halogens is 2. The molecule has 0 aliphatic carbocycles. The molecule has 2 aromatic carbocycles. The van der Waals surface area contributed by atoms with Crippen LogP contribution in [0.5, 0.6) is 0 Å². The molecule has 2 rings (SSSR count). The molecule has 0 aliphatic heterocycles. The second kappa shape index (κ2) is 5.15. The molecule has 1 nitrogen and oxygen atoms in total. The van der Waals surface area contributed by atoms with Crippen LogP contribution in [0.4, 0.5) is 0 Å². The Balaban J connectivity index is 2.67. The first-order valence-electron chi connectivity index (χ1n) is 5.45. The van der Waals surface area contributed by atoms with Crippen LogP contribution in [-0.4, -0.2) is 5.11 Å². The highest BCUT2D eigenvalue weighted by molar-refractivity contribution is 6.32. The maximum atomic E-state index is 10.8. The van der Waals surface area contributed by atoms with Gasteiger partial charge >= 0.3 is 0 Å². The van der Waals surface area contributed by atoms with E-state index in [-0.39, 0.29) is 0 Å². The van der Waals surface area contributed by atoms with Crippen LogP contribution in [-0.2, 0) is 5.60 Å². The Morgan fingerprint density at radius 1 is 0.889 bits per heavy atom. The van der Waals surface area contributed by atoms with Gasteiger partial charge in [-0.15, -0.1) is 0 Å². The minimum Gasteiger partial charge on any atom is -0.377 e. The zero-order chi connectivity index (χ0) is 13.2. The summed E-state index contributed by atoms with van der Waals surface area (Å²) in [5.41, 5.74) is -0.263. The molecule has 0 amide bonds. The van der Waals surface area contributed by atoms with E-state index in [9.17, 15) is 5.11 Å². The topological polar surface area (TPSA) is 20.2 Å². The van der Waals surface area contributed by atoms with E-state index in [2.05, 4.69) is 6.58 Å². The van der Waals surface area contributed by atoms with Crippen molar-refractivity contribution in [3.63, 3.8) is 0 Å². The number of hydrogen-bond acceptors (Lipinski definition) is 1. The first kappa shape index (κ1) is 13.2. The van der Waals surface area contributed by atoms with E-state index in [4.69, 9.17) is 23.2 Å². The predicted octanol–water partition coefficient (Wildman–Crippen LogP) is 4.42. The lowest BCUT2D eigenvalue weighted by Crippen LogP contribution is -2.25. The minimum atomic E-state index is -1.39. The van der Waals surface area contributed by atoms with Gasteiger partial charge in [0.1, 0.15) is 5.60 Å². The third-order valence-electron chi connectivity index (χ3n) is 2.86. The molecule has 0 saturated carbocycles. The lowest BCUT2D eigenvalue weighted by molar-refractivity contribution is 0.135. The SMILES string of the molecule is C=CC(O)(c1ccccc1Cl)c1ccccc1Cl. The third kappa shape index (κ3) is 2.17. The second-order valence-corrected chi connectivity index (χ2v) is 4.74. The molecule has 0 aromatic heterocycles. The Kier molecular flexibility index (Phi) is 3.76. The highest BCUT2D eigenvalue weighted by atomic mass is 35.5. The van der Waals surface area contributed by atoms with E-state index < -0.39 is 5.60 Å². The molecule has 1 N–H and O–H groups in total. The van der Waals surface area contributed by atoms with E-state index in [1.54, 1.807) is 24.3 Å². The van der Waals surface area contributed by atoms with Gasteiger partial charge in [0.05, 0.1) is 0 Å². The van der Waals surface area contributed by atoms with Gasteiger partial charge < -0.3 is 5.11 Å². The maximum Gasteiger partial charge on any atom is 0.136 e. The predicted molar refractivity (Wildman–Crippen MR) is 76.1 cm³/mol. The second-order valence-electron chi connectivity index (χ2n) is 3.93. The summed E-state index contributed by atoms with van der Waals surface area (Å²) in [6.07, 6.45) is 1.44. The molecule has 0 aliphatic rings. The highest BCUT2D eigenvalue weighted by Gasteiger charge is 2.31. The van der Waals surface area contributed by atoms with Gasteiger partial charge in [0.2, 0.25) is 0 Å². The van der Waals surface area contributed by atoms with Crippen molar-refractivity contribution < 1.29 is 5.11 Å². The summed E-state index contributed by atoms with van der Waals surface area (Å²) < 4.78 is 0. The van der Waals surface area contributed by atoms with Crippen LogP contribution in [0.3, 0.4) is 0 Å².